The summed E-state index contributed by atoms with van der Waals surface area (Å²) in [6.45, 7) is 1.70. The number of carbonyl (C=O) groups is 1. The minimum absolute atomic E-state index is 0.0468. The molecule has 2 atom stereocenters. The van der Waals surface area contributed by atoms with E-state index in [0.717, 1.165) is 17.1 Å². The lowest BCUT2D eigenvalue weighted by atomic mass is 9.99. The number of carbonyl (C=O) groups excluding carboxylic acids is 1. The molecule has 1 fully saturated rings. The van der Waals surface area contributed by atoms with Crippen molar-refractivity contribution >= 4 is 17.7 Å². The number of aryl methyl sites for hydroxylation is 1. The molecule has 1 aromatic carbocycles. The van der Waals surface area contributed by atoms with Crippen LogP contribution < -0.4 is 0 Å². The highest BCUT2D eigenvalue weighted by atomic mass is 32.2. The van der Waals surface area contributed by atoms with Gasteiger partial charge in [-0.2, -0.15) is 0 Å². The molecule has 2 aliphatic rings. The van der Waals surface area contributed by atoms with Crippen molar-refractivity contribution in [1.82, 2.24) is 19.7 Å². The number of amides is 1. The van der Waals surface area contributed by atoms with Gasteiger partial charge in [0.1, 0.15) is 12.4 Å². The maximum Gasteiger partial charge on any atom is 0.231 e. The molecular weight excluding hydrogens is 312 g/mol. The van der Waals surface area contributed by atoms with Crippen LogP contribution in [0.25, 0.3) is 0 Å². The Balaban J connectivity index is 1.52. The lowest BCUT2D eigenvalue weighted by Crippen LogP contribution is -2.45. The number of hydrogen-bond acceptors (Lipinski definition) is 5. The normalized spacial score (nSPS) is 23.8. The van der Waals surface area contributed by atoms with Crippen molar-refractivity contribution in [2.24, 2.45) is 7.05 Å². The van der Waals surface area contributed by atoms with Gasteiger partial charge in [0.2, 0.25) is 5.91 Å². The molecule has 2 aliphatic heterocycles. The third-order valence-electron chi connectivity index (χ3n) is 4.41. The lowest BCUT2D eigenvalue weighted by molar-refractivity contribution is -0.140. The summed E-state index contributed by atoms with van der Waals surface area (Å²) >= 11 is 1.76. The Morgan fingerprint density at radius 1 is 1.39 bits per heavy atom. The molecule has 0 radical (unpaired) electrons. The van der Waals surface area contributed by atoms with Gasteiger partial charge in [0.05, 0.1) is 19.1 Å². The number of morpholine rings is 1. The highest BCUT2D eigenvalue weighted by Crippen LogP contribution is 2.40. The Labute approximate surface area is 138 Å². The molecule has 23 heavy (non-hydrogen) atoms. The Kier molecular flexibility index (Phi) is 3.82. The second-order valence-electron chi connectivity index (χ2n) is 5.85. The zero-order valence-electron chi connectivity index (χ0n) is 12.9. The number of benzene rings is 1. The van der Waals surface area contributed by atoms with E-state index in [1.54, 1.807) is 18.1 Å². The van der Waals surface area contributed by atoms with Crippen LogP contribution in [0.15, 0.2) is 35.5 Å². The second kappa shape index (κ2) is 5.98. The summed E-state index contributed by atoms with van der Waals surface area (Å²) in [5, 5.41) is 8.01. The molecule has 7 heteroatoms. The van der Waals surface area contributed by atoms with Crippen LogP contribution >= 0.6 is 11.8 Å². The van der Waals surface area contributed by atoms with E-state index in [4.69, 9.17) is 4.74 Å². The molecule has 0 bridgehead atoms. The van der Waals surface area contributed by atoms with Gasteiger partial charge in [-0.3, -0.25) is 4.79 Å². The monoisotopic (exact) mass is 330 g/mol. The van der Waals surface area contributed by atoms with Crippen LogP contribution in [0.3, 0.4) is 0 Å². The van der Waals surface area contributed by atoms with Crippen LogP contribution in [0.5, 0.6) is 0 Å². The first-order chi connectivity index (χ1) is 11.2. The molecule has 1 saturated heterocycles. The van der Waals surface area contributed by atoms with E-state index in [1.807, 2.05) is 28.6 Å². The number of hydrogen-bond donors (Lipinski definition) is 0. The van der Waals surface area contributed by atoms with Crippen molar-refractivity contribution in [3.63, 3.8) is 0 Å². The Morgan fingerprint density at radius 3 is 3.09 bits per heavy atom. The summed E-state index contributed by atoms with van der Waals surface area (Å²) in [6, 6.07) is 8.19. The molecule has 0 N–H and O–H groups in total. The SMILES string of the molecule is Cn1cnnc1C1CN(C(=O)C2CSc3ccccc32)CCO1. The summed E-state index contributed by atoms with van der Waals surface area (Å²) in [4.78, 5) is 16.1. The fourth-order valence-corrected chi connectivity index (χ4v) is 4.40. The third kappa shape index (κ3) is 2.64. The largest absolute Gasteiger partial charge is 0.366 e. The number of thioether (sulfide) groups is 1. The maximum atomic E-state index is 13.0. The van der Waals surface area contributed by atoms with E-state index in [0.29, 0.717) is 19.7 Å². The Hall–Kier alpha value is -1.86. The van der Waals surface area contributed by atoms with Gasteiger partial charge in [0, 0.05) is 24.2 Å². The first-order valence-corrected chi connectivity index (χ1v) is 8.68. The van der Waals surface area contributed by atoms with Gasteiger partial charge >= 0.3 is 0 Å². The molecule has 0 spiro atoms. The van der Waals surface area contributed by atoms with Gasteiger partial charge in [-0.15, -0.1) is 22.0 Å². The zero-order chi connectivity index (χ0) is 15.8. The lowest BCUT2D eigenvalue weighted by Gasteiger charge is -2.34. The maximum absolute atomic E-state index is 13.0. The number of fused-ring (bicyclic) bond motifs is 1. The Morgan fingerprint density at radius 2 is 2.26 bits per heavy atom. The summed E-state index contributed by atoms with van der Waals surface area (Å²) < 4.78 is 7.64. The molecule has 0 saturated carbocycles. The van der Waals surface area contributed by atoms with E-state index < -0.39 is 0 Å². The van der Waals surface area contributed by atoms with Gasteiger partial charge in [0.15, 0.2) is 5.82 Å². The summed E-state index contributed by atoms with van der Waals surface area (Å²) in [7, 11) is 1.89. The molecule has 6 nitrogen and oxygen atoms in total. The highest BCUT2D eigenvalue weighted by molar-refractivity contribution is 7.99. The molecule has 120 valence electrons. The van der Waals surface area contributed by atoms with Crippen molar-refractivity contribution < 1.29 is 9.53 Å². The van der Waals surface area contributed by atoms with Crippen molar-refractivity contribution in [2.75, 3.05) is 25.4 Å². The number of nitrogens with zero attached hydrogens (tertiary/aromatic N) is 4. The summed E-state index contributed by atoms with van der Waals surface area (Å²) in [5.74, 6) is 1.74. The minimum atomic E-state index is -0.204. The fraction of sp³-hybridized carbons (Fsp3) is 0.438. The Bertz CT molecular complexity index is 732. The van der Waals surface area contributed by atoms with E-state index >= 15 is 0 Å². The molecule has 1 amide bonds. The zero-order valence-corrected chi connectivity index (χ0v) is 13.7. The molecule has 2 unspecified atom stereocenters. The molecule has 2 aromatic rings. The fourth-order valence-electron chi connectivity index (χ4n) is 3.18. The van der Waals surface area contributed by atoms with Crippen LogP contribution in [0.1, 0.15) is 23.4 Å². The van der Waals surface area contributed by atoms with Gasteiger partial charge in [-0.1, -0.05) is 18.2 Å². The van der Waals surface area contributed by atoms with E-state index in [9.17, 15) is 4.79 Å². The predicted molar refractivity (Wildman–Crippen MR) is 86.2 cm³/mol. The summed E-state index contributed by atoms with van der Waals surface area (Å²) in [5.41, 5.74) is 1.16. The average Bonchev–Trinajstić information content (AvgIpc) is 3.20. The van der Waals surface area contributed by atoms with Gasteiger partial charge < -0.3 is 14.2 Å². The predicted octanol–water partition coefficient (Wildman–Crippen LogP) is 1.60. The van der Waals surface area contributed by atoms with Crippen molar-refractivity contribution in [1.29, 1.82) is 0 Å². The van der Waals surface area contributed by atoms with Crippen molar-refractivity contribution in [3.8, 4) is 0 Å². The number of ether oxygens (including phenoxy) is 1. The number of rotatable bonds is 2. The molecule has 1 aromatic heterocycles. The second-order valence-corrected chi connectivity index (χ2v) is 6.91. The van der Waals surface area contributed by atoms with Gasteiger partial charge in [0.25, 0.3) is 0 Å². The van der Waals surface area contributed by atoms with Gasteiger partial charge in [-0.25, -0.2) is 0 Å². The van der Waals surface area contributed by atoms with E-state index in [1.165, 1.54) is 4.90 Å². The quantitative estimate of drug-likeness (QED) is 0.837. The number of aromatic nitrogens is 3. The standard InChI is InChI=1S/C16H18N4O2S/c1-19-10-17-18-15(19)13-8-20(6-7-22-13)16(21)12-9-23-14-5-3-2-4-11(12)14/h2-5,10,12-13H,6-9H2,1H3. The molecule has 0 aliphatic carbocycles. The molecule has 3 heterocycles. The third-order valence-corrected chi connectivity index (χ3v) is 5.59. The first-order valence-electron chi connectivity index (χ1n) is 7.70. The van der Waals surface area contributed by atoms with E-state index in [2.05, 4.69) is 22.3 Å². The van der Waals surface area contributed by atoms with Crippen LogP contribution in [-0.4, -0.2) is 51.0 Å². The molecular formula is C16H18N4O2S. The van der Waals surface area contributed by atoms with Crippen LogP contribution in [0, 0.1) is 0 Å². The minimum Gasteiger partial charge on any atom is -0.366 e. The van der Waals surface area contributed by atoms with Crippen LogP contribution in [0.4, 0.5) is 0 Å². The topological polar surface area (TPSA) is 60.2 Å². The highest BCUT2D eigenvalue weighted by Gasteiger charge is 2.35. The first kappa shape index (κ1) is 14.7. The average molecular weight is 330 g/mol. The van der Waals surface area contributed by atoms with Gasteiger partial charge in [-0.05, 0) is 11.6 Å². The van der Waals surface area contributed by atoms with E-state index in [-0.39, 0.29) is 17.9 Å². The van der Waals surface area contributed by atoms with Crippen LogP contribution in [-0.2, 0) is 16.6 Å². The summed E-state index contributed by atoms with van der Waals surface area (Å²) in [6.07, 6.45) is 1.45. The van der Waals surface area contributed by atoms with Crippen molar-refractivity contribution in [3.05, 3.63) is 42.0 Å². The van der Waals surface area contributed by atoms with Crippen molar-refractivity contribution in [2.45, 2.75) is 16.9 Å². The van der Waals surface area contributed by atoms with Crippen LogP contribution in [0.2, 0.25) is 0 Å². The smallest absolute Gasteiger partial charge is 0.231 e. The molecule has 4 rings (SSSR count).